The molecule has 0 aromatic rings. The summed E-state index contributed by atoms with van der Waals surface area (Å²) in [5.74, 6) is 1.06. The molecule has 3 heteroatoms. The zero-order valence-corrected chi connectivity index (χ0v) is 10.8. The van der Waals surface area contributed by atoms with Gasteiger partial charge in [0.15, 0.2) is 0 Å². The number of β-amino-alcohol motifs (C(OH)–C–C–N with tert-alkyl or cyclic N) is 1. The molecule has 16 heavy (non-hydrogen) atoms. The van der Waals surface area contributed by atoms with Crippen LogP contribution < -0.4 is 0 Å². The highest BCUT2D eigenvalue weighted by molar-refractivity contribution is 5.76. The Kier molecular flexibility index (Phi) is 5.26. The summed E-state index contributed by atoms with van der Waals surface area (Å²) in [6, 6.07) is 0. The van der Waals surface area contributed by atoms with Crippen molar-refractivity contribution in [3.05, 3.63) is 0 Å². The van der Waals surface area contributed by atoms with E-state index in [1.54, 1.807) is 0 Å². The van der Waals surface area contributed by atoms with Gasteiger partial charge in [-0.15, -0.1) is 0 Å². The summed E-state index contributed by atoms with van der Waals surface area (Å²) in [4.78, 5) is 13.8. The first-order valence-corrected chi connectivity index (χ1v) is 6.54. The average molecular weight is 227 g/mol. The third-order valence-electron chi connectivity index (χ3n) is 3.89. The second kappa shape index (κ2) is 6.24. The highest BCUT2D eigenvalue weighted by Crippen LogP contribution is 2.20. The number of amides is 1. The SMILES string of the molecule is CCC(CC)CC(=O)N1CCC(C)C(O)C1. The molecule has 2 unspecified atom stereocenters. The second-order valence-electron chi connectivity index (χ2n) is 5.06. The standard InChI is InChI=1S/C13H25NO2/c1-4-11(5-2)8-13(16)14-7-6-10(3)12(15)9-14/h10-12,15H,4-9H2,1-3H3. The molecule has 2 atom stereocenters. The Morgan fingerprint density at radius 2 is 2.06 bits per heavy atom. The average Bonchev–Trinajstić information content (AvgIpc) is 2.29. The van der Waals surface area contributed by atoms with Crippen molar-refractivity contribution < 1.29 is 9.90 Å². The Morgan fingerprint density at radius 1 is 1.44 bits per heavy atom. The van der Waals surface area contributed by atoms with Crippen molar-refractivity contribution >= 4 is 5.91 Å². The Hall–Kier alpha value is -0.570. The van der Waals surface area contributed by atoms with Crippen LogP contribution in [-0.4, -0.2) is 35.1 Å². The van der Waals surface area contributed by atoms with Gasteiger partial charge in [-0.25, -0.2) is 0 Å². The van der Waals surface area contributed by atoms with E-state index in [-0.39, 0.29) is 12.0 Å². The normalized spacial score (nSPS) is 26.2. The van der Waals surface area contributed by atoms with Gasteiger partial charge in [0.25, 0.3) is 0 Å². The molecule has 1 N–H and O–H groups in total. The van der Waals surface area contributed by atoms with Crippen LogP contribution in [0.4, 0.5) is 0 Å². The molecule has 0 aromatic carbocycles. The van der Waals surface area contributed by atoms with E-state index in [0.717, 1.165) is 25.8 Å². The van der Waals surface area contributed by atoms with E-state index in [1.807, 2.05) is 11.8 Å². The van der Waals surface area contributed by atoms with Gasteiger partial charge in [0.05, 0.1) is 6.10 Å². The lowest BCUT2D eigenvalue weighted by Gasteiger charge is -2.35. The number of likely N-dealkylation sites (tertiary alicyclic amines) is 1. The Labute approximate surface area is 98.8 Å². The van der Waals surface area contributed by atoms with Crippen LogP contribution in [0.3, 0.4) is 0 Å². The largest absolute Gasteiger partial charge is 0.391 e. The first-order chi connectivity index (χ1) is 7.58. The molecule has 0 aliphatic carbocycles. The van der Waals surface area contributed by atoms with Crippen molar-refractivity contribution in [3.63, 3.8) is 0 Å². The lowest BCUT2D eigenvalue weighted by Crippen LogP contribution is -2.46. The maximum absolute atomic E-state index is 12.0. The molecular formula is C13H25NO2. The predicted octanol–water partition coefficient (Wildman–Crippen LogP) is 2.04. The molecule has 1 fully saturated rings. The number of nitrogens with zero attached hydrogens (tertiary/aromatic N) is 1. The van der Waals surface area contributed by atoms with Gasteiger partial charge < -0.3 is 10.0 Å². The van der Waals surface area contributed by atoms with E-state index in [9.17, 15) is 9.90 Å². The summed E-state index contributed by atoms with van der Waals surface area (Å²) < 4.78 is 0. The maximum atomic E-state index is 12.0. The zero-order chi connectivity index (χ0) is 12.1. The van der Waals surface area contributed by atoms with Gasteiger partial charge in [0.1, 0.15) is 0 Å². The summed E-state index contributed by atoms with van der Waals surface area (Å²) in [5.41, 5.74) is 0. The van der Waals surface area contributed by atoms with Gasteiger partial charge in [-0.2, -0.15) is 0 Å². The quantitative estimate of drug-likeness (QED) is 0.798. The molecule has 1 saturated heterocycles. The maximum Gasteiger partial charge on any atom is 0.222 e. The van der Waals surface area contributed by atoms with E-state index >= 15 is 0 Å². The van der Waals surface area contributed by atoms with Gasteiger partial charge in [-0.3, -0.25) is 4.79 Å². The number of aliphatic hydroxyl groups excluding tert-OH is 1. The molecule has 0 bridgehead atoms. The molecule has 0 aromatic heterocycles. The van der Waals surface area contributed by atoms with Crippen LogP contribution in [0.15, 0.2) is 0 Å². The fourth-order valence-electron chi connectivity index (χ4n) is 2.23. The molecule has 0 radical (unpaired) electrons. The topological polar surface area (TPSA) is 40.5 Å². The minimum absolute atomic E-state index is 0.222. The molecule has 3 nitrogen and oxygen atoms in total. The third-order valence-corrected chi connectivity index (χ3v) is 3.89. The van der Waals surface area contributed by atoms with Crippen molar-refractivity contribution in [1.29, 1.82) is 0 Å². The lowest BCUT2D eigenvalue weighted by atomic mass is 9.94. The fraction of sp³-hybridized carbons (Fsp3) is 0.923. The van der Waals surface area contributed by atoms with E-state index in [4.69, 9.17) is 0 Å². The number of carbonyl (C=O) groups excluding carboxylic acids is 1. The highest BCUT2D eigenvalue weighted by atomic mass is 16.3. The molecule has 1 aliphatic heterocycles. The number of hydrogen-bond acceptors (Lipinski definition) is 2. The van der Waals surface area contributed by atoms with Crippen LogP contribution in [-0.2, 0) is 4.79 Å². The molecule has 1 amide bonds. The molecule has 0 saturated carbocycles. The fourth-order valence-corrected chi connectivity index (χ4v) is 2.23. The molecule has 1 heterocycles. The Balaban J connectivity index is 2.42. The van der Waals surface area contributed by atoms with Crippen molar-refractivity contribution in [2.45, 2.75) is 52.6 Å². The van der Waals surface area contributed by atoms with Gasteiger partial charge in [0.2, 0.25) is 5.91 Å². The van der Waals surface area contributed by atoms with Crippen LogP contribution in [0, 0.1) is 11.8 Å². The highest BCUT2D eigenvalue weighted by Gasteiger charge is 2.27. The van der Waals surface area contributed by atoms with Crippen LogP contribution in [0.25, 0.3) is 0 Å². The monoisotopic (exact) mass is 227 g/mol. The van der Waals surface area contributed by atoms with Crippen LogP contribution in [0.2, 0.25) is 0 Å². The number of hydrogen-bond donors (Lipinski definition) is 1. The van der Waals surface area contributed by atoms with Crippen molar-refractivity contribution in [2.75, 3.05) is 13.1 Å². The van der Waals surface area contributed by atoms with Crippen LogP contribution >= 0.6 is 0 Å². The van der Waals surface area contributed by atoms with Crippen LogP contribution in [0.5, 0.6) is 0 Å². The Morgan fingerprint density at radius 3 is 2.56 bits per heavy atom. The molecular weight excluding hydrogens is 202 g/mol. The smallest absolute Gasteiger partial charge is 0.222 e. The summed E-state index contributed by atoms with van der Waals surface area (Å²) in [7, 11) is 0. The molecule has 1 aliphatic rings. The van der Waals surface area contributed by atoms with E-state index in [0.29, 0.717) is 24.8 Å². The van der Waals surface area contributed by atoms with Crippen molar-refractivity contribution in [2.24, 2.45) is 11.8 Å². The Bertz CT molecular complexity index is 226. The summed E-state index contributed by atoms with van der Waals surface area (Å²) >= 11 is 0. The number of carbonyl (C=O) groups is 1. The third kappa shape index (κ3) is 3.48. The number of rotatable bonds is 4. The zero-order valence-electron chi connectivity index (χ0n) is 10.8. The second-order valence-corrected chi connectivity index (χ2v) is 5.06. The minimum Gasteiger partial charge on any atom is -0.391 e. The molecule has 94 valence electrons. The van der Waals surface area contributed by atoms with Gasteiger partial charge in [-0.1, -0.05) is 33.6 Å². The van der Waals surface area contributed by atoms with E-state index in [1.165, 1.54) is 0 Å². The summed E-state index contributed by atoms with van der Waals surface area (Å²) in [6.45, 7) is 7.66. The first kappa shape index (κ1) is 13.5. The number of piperidine rings is 1. The summed E-state index contributed by atoms with van der Waals surface area (Å²) in [5, 5.41) is 9.75. The van der Waals surface area contributed by atoms with Gasteiger partial charge >= 0.3 is 0 Å². The lowest BCUT2D eigenvalue weighted by molar-refractivity contribution is -0.136. The predicted molar refractivity (Wildman–Crippen MR) is 65.1 cm³/mol. The molecule has 1 rings (SSSR count). The number of aliphatic hydroxyl groups is 1. The van der Waals surface area contributed by atoms with Crippen molar-refractivity contribution in [3.8, 4) is 0 Å². The van der Waals surface area contributed by atoms with Crippen molar-refractivity contribution in [1.82, 2.24) is 4.90 Å². The van der Waals surface area contributed by atoms with Gasteiger partial charge in [0, 0.05) is 19.5 Å². The summed E-state index contributed by atoms with van der Waals surface area (Å²) in [6.07, 6.45) is 3.37. The first-order valence-electron chi connectivity index (χ1n) is 6.54. The minimum atomic E-state index is -0.334. The van der Waals surface area contributed by atoms with Gasteiger partial charge in [-0.05, 0) is 18.3 Å². The van der Waals surface area contributed by atoms with Crippen LogP contribution in [0.1, 0.15) is 46.5 Å². The molecule has 0 spiro atoms. The van der Waals surface area contributed by atoms with E-state index < -0.39 is 0 Å². The van der Waals surface area contributed by atoms with E-state index in [2.05, 4.69) is 13.8 Å².